The number of piperazine rings is 1. The molecule has 2 fully saturated rings. The predicted octanol–water partition coefficient (Wildman–Crippen LogP) is 4.42. The second kappa shape index (κ2) is 10.4. The molecule has 1 aliphatic carbocycles. The number of pyridine rings is 1. The van der Waals surface area contributed by atoms with Gasteiger partial charge in [0.2, 0.25) is 5.95 Å². The van der Waals surface area contributed by atoms with E-state index < -0.39 is 0 Å². The number of rotatable bonds is 7. The van der Waals surface area contributed by atoms with Crippen LogP contribution in [-0.2, 0) is 0 Å². The molecule has 9 heteroatoms. The van der Waals surface area contributed by atoms with Crippen molar-refractivity contribution >= 4 is 34.8 Å². The first kappa shape index (κ1) is 23.8. The third-order valence-electron chi connectivity index (χ3n) is 7.65. The molecular weight excluding hydrogens is 464 g/mol. The molecule has 1 saturated heterocycles. The minimum Gasteiger partial charge on any atom is -0.488 e. The normalized spacial score (nSPS) is 18.1. The molecule has 0 atom stereocenters. The molecule has 0 spiro atoms. The third-order valence-corrected chi connectivity index (χ3v) is 7.65. The van der Waals surface area contributed by atoms with E-state index >= 15 is 0 Å². The van der Waals surface area contributed by atoms with Crippen LogP contribution in [-0.4, -0.2) is 72.8 Å². The van der Waals surface area contributed by atoms with E-state index in [1.165, 1.54) is 24.9 Å². The largest absolute Gasteiger partial charge is 0.488 e. The van der Waals surface area contributed by atoms with Crippen molar-refractivity contribution < 1.29 is 4.74 Å². The second-order valence-corrected chi connectivity index (χ2v) is 10.4. The Balaban J connectivity index is 1.17. The molecule has 0 amide bonds. The van der Waals surface area contributed by atoms with Crippen molar-refractivity contribution in [1.82, 2.24) is 19.9 Å². The van der Waals surface area contributed by atoms with Crippen LogP contribution < -0.4 is 25.2 Å². The van der Waals surface area contributed by atoms with E-state index in [1.807, 2.05) is 25.3 Å². The fourth-order valence-electron chi connectivity index (χ4n) is 5.11. The Labute approximate surface area is 218 Å². The molecule has 37 heavy (non-hydrogen) atoms. The fourth-order valence-corrected chi connectivity index (χ4v) is 5.11. The average molecular weight is 501 g/mol. The standard InChI is InChI=1S/C28H36N8O/c1-20-18-29-28(30-22-7-4-8-23(17-22)35-13-11-34(2)12-14-35)33-26(20)31-25-10-9-24-27(32-25)36(15-16-37-24)19-21-5-3-6-21/h4,7-10,17-18,21H,3,5-6,11-16,19H2,1-2H3,(H2,29,30,31,32,33). The summed E-state index contributed by atoms with van der Waals surface area (Å²) in [6.07, 6.45) is 5.82. The van der Waals surface area contributed by atoms with E-state index in [0.29, 0.717) is 12.6 Å². The number of likely N-dealkylation sites (N-methyl/N-ethyl adjacent to an activating group) is 1. The first-order valence-corrected chi connectivity index (χ1v) is 13.4. The van der Waals surface area contributed by atoms with Gasteiger partial charge >= 0.3 is 0 Å². The van der Waals surface area contributed by atoms with E-state index in [1.54, 1.807) is 0 Å². The summed E-state index contributed by atoms with van der Waals surface area (Å²) in [5.41, 5.74) is 3.15. The number of benzene rings is 1. The number of nitrogens with zero attached hydrogens (tertiary/aromatic N) is 6. The molecule has 2 N–H and O–H groups in total. The topological polar surface area (TPSA) is 81.7 Å². The summed E-state index contributed by atoms with van der Waals surface area (Å²) in [7, 11) is 2.18. The van der Waals surface area contributed by atoms with E-state index in [4.69, 9.17) is 14.7 Å². The lowest BCUT2D eigenvalue weighted by Crippen LogP contribution is -2.44. The Morgan fingerprint density at radius 1 is 1.00 bits per heavy atom. The number of aryl methyl sites for hydroxylation is 1. The summed E-state index contributed by atoms with van der Waals surface area (Å²) in [6.45, 7) is 8.88. The molecule has 3 aliphatic rings. The maximum atomic E-state index is 5.89. The molecule has 3 aromatic rings. The lowest BCUT2D eigenvalue weighted by atomic mass is 9.85. The summed E-state index contributed by atoms with van der Waals surface area (Å²) >= 11 is 0. The molecule has 4 heterocycles. The lowest BCUT2D eigenvalue weighted by Gasteiger charge is -2.36. The molecule has 1 saturated carbocycles. The van der Waals surface area contributed by atoms with Crippen molar-refractivity contribution in [1.29, 1.82) is 0 Å². The summed E-state index contributed by atoms with van der Waals surface area (Å²) < 4.78 is 5.89. The molecule has 2 aromatic heterocycles. The van der Waals surface area contributed by atoms with Crippen LogP contribution in [0.25, 0.3) is 0 Å². The molecule has 6 rings (SSSR count). The quantitative estimate of drug-likeness (QED) is 0.490. The number of hydrogen-bond donors (Lipinski definition) is 2. The number of ether oxygens (including phenoxy) is 1. The number of hydrogen-bond acceptors (Lipinski definition) is 9. The Kier molecular flexibility index (Phi) is 6.70. The third kappa shape index (κ3) is 5.41. The van der Waals surface area contributed by atoms with Gasteiger partial charge in [0.15, 0.2) is 11.6 Å². The van der Waals surface area contributed by atoms with Gasteiger partial charge in [-0.05, 0) is 63.1 Å². The van der Waals surface area contributed by atoms with Gasteiger partial charge in [0.1, 0.15) is 18.2 Å². The molecule has 2 aliphatic heterocycles. The highest BCUT2D eigenvalue weighted by molar-refractivity contribution is 5.66. The van der Waals surface area contributed by atoms with Crippen molar-refractivity contribution in [3.8, 4) is 5.75 Å². The highest BCUT2D eigenvalue weighted by atomic mass is 16.5. The van der Waals surface area contributed by atoms with Crippen LogP contribution in [0.15, 0.2) is 42.6 Å². The second-order valence-electron chi connectivity index (χ2n) is 10.4. The lowest BCUT2D eigenvalue weighted by molar-refractivity contribution is 0.276. The molecule has 0 radical (unpaired) electrons. The van der Waals surface area contributed by atoms with Crippen LogP contribution in [0.4, 0.5) is 34.8 Å². The van der Waals surface area contributed by atoms with Gasteiger partial charge in [-0.25, -0.2) is 9.97 Å². The van der Waals surface area contributed by atoms with Crippen LogP contribution in [0.5, 0.6) is 5.75 Å². The summed E-state index contributed by atoms with van der Waals surface area (Å²) in [5, 5.41) is 6.81. The van der Waals surface area contributed by atoms with Crippen LogP contribution in [0.1, 0.15) is 24.8 Å². The first-order valence-electron chi connectivity index (χ1n) is 13.4. The van der Waals surface area contributed by atoms with E-state index in [9.17, 15) is 0 Å². The van der Waals surface area contributed by atoms with Crippen LogP contribution in [0.3, 0.4) is 0 Å². The van der Waals surface area contributed by atoms with Crippen molar-refractivity contribution in [2.24, 2.45) is 5.92 Å². The summed E-state index contributed by atoms with van der Waals surface area (Å²) in [6, 6.07) is 12.4. The highest BCUT2D eigenvalue weighted by Crippen LogP contribution is 2.35. The first-order chi connectivity index (χ1) is 18.1. The molecule has 0 bridgehead atoms. The van der Waals surface area contributed by atoms with Crippen LogP contribution in [0.2, 0.25) is 0 Å². The predicted molar refractivity (Wildman–Crippen MR) is 149 cm³/mol. The Morgan fingerprint density at radius 3 is 2.68 bits per heavy atom. The van der Waals surface area contributed by atoms with Gasteiger partial charge in [0.05, 0.1) is 6.54 Å². The van der Waals surface area contributed by atoms with Gasteiger partial charge in [0, 0.05) is 55.9 Å². The van der Waals surface area contributed by atoms with Gasteiger partial charge in [-0.1, -0.05) is 12.5 Å². The molecule has 1 aromatic carbocycles. The van der Waals surface area contributed by atoms with Gasteiger partial charge in [-0.2, -0.15) is 4.98 Å². The van der Waals surface area contributed by atoms with Crippen molar-refractivity contribution in [2.75, 3.05) is 73.4 Å². The van der Waals surface area contributed by atoms with Crippen molar-refractivity contribution in [3.05, 3.63) is 48.2 Å². The van der Waals surface area contributed by atoms with Gasteiger partial charge in [-0.3, -0.25) is 0 Å². The monoisotopic (exact) mass is 500 g/mol. The minimum atomic E-state index is 0.552. The molecular formula is C28H36N8O. The van der Waals surface area contributed by atoms with Gasteiger partial charge < -0.3 is 30.1 Å². The van der Waals surface area contributed by atoms with E-state index in [0.717, 1.165) is 79.6 Å². The van der Waals surface area contributed by atoms with Crippen LogP contribution >= 0.6 is 0 Å². The Bertz CT molecular complexity index is 1240. The SMILES string of the molecule is Cc1cnc(Nc2cccc(N3CCN(C)CC3)c2)nc1Nc1ccc2c(n1)N(CC1CCC1)CCO2. The number of fused-ring (bicyclic) bond motifs is 1. The Hall–Kier alpha value is -3.59. The van der Waals surface area contributed by atoms with Crippen molar-refractivity contribution in [2.45, 2.75) is 26.2 Å². The number of nitrogens with one attached hydrogen (secondary N) is 2. The van der Waals surface area contributed by atoms with E-state index in [2.05, 4.69) is 61.6 Å². The highest BCUT2D eigenvalue weighted by Gasteiger charge is 2.26. The molecule has 194 valence electrons. The fraction of sp³-hybridized carbons (Fsp3) is 0.464. The number of aromatic nitrogens is 3. The molecule has 0 unspecified atom stereocenters. The zero-order valence-corrected chi connectivity index (χ0v) is 21.8. The number of anilines is 6. The zero-order chi connectivity index (χ0) is 25.2. The summed E-state index contributed by atoms with van der Waals surface area (Å²) in [4.78, 5) is 21.4. The maximum Gasteiger partial charge on any atom is 0.229 e. The minimum absolute atomic E-state index is 0.552. The van der Waals surface area contributed by atoms with Crippen molar-refractivity contribution in [3.63, 3.8) is 0 Å². The smallest absolute Gasteiger partial charge is 0.229 e. The van der Waals surface area contributed by atoms with Gasteiger partial charge in [-0.15, -0.1) is 0 Å². The summed E-state index contributed by atoms with van der Waals surface area (Å²) in [5.74, 6) is 4.61. The van der Waals surface area contributed by atoms with Gasteiger partial charge in [0.25, 0.3) is 0 Å². The van der Waals surface area contributed by atoms with E-state index in [-0.39, 0.29) is 0 Å². The van der Waals surface area contributed by atoms with Crippen LogP contribution in [0, 0.1) is 12.8 Å². The molecule has 9 nitrogen and oxygen atoms in total. The maximum absolute atomic E-state index is 5.89. The average Bonchev–Trinajstić information content (AvgIpc) is 2.89. The zero-order valence-electron chi connectivity index (χ0n) is 21.8. The Morgan fingerprint density at radius 2 is 1.86 bits per heavy atom.